The van der Waals surface area contributed by atoms with Crippen LogP contribution in [0, 0.1) is 0 Å². The molecule has 1 aromatic rings. The molecule has 0 aliphatic carbocycles. The maximum Gasteiger partial charge on any atom is 0.412 e. The van der Waals surface area contributed by atoms with Gasteiger partial charge in [-0.1, -0.05) is 6.92 Å². The zero-order valence-corrected chi connectivity index (χ0v) is 15.7. The van der Waals surface area contributed by atoms with Crippen LogP contribution in [0.2, 0.25) is 0 Å². The van der Waals surface area contributed by atoms with Crippen LogP contribution < -0.4 is 15.4 Å². The van der Waals surface area contributed by atoms with E-state index in [1.54, 1.807) is 50.7 Å². The summed E-state index contributed by atoms with van der Waals surface area (Å²) in [4.78, 5) is 23.8. The van der Waals surface area contributed by atoms with Crippen LogP contribution in [0.3, 0.4) is 0 Å². The normalized spacial score (nSPS) is 10.9. The third kappa shape index (κ3) is 7.59. The van der Waals surface area contributed by atoms with Crippen molar-refractivity contribution >= 4 is 35.1 Å². The highest BCUT2D eigenvalue weighted by molar-refractivity contribution is 7.99. The largest absolute Gasteiger partial charge is 0.495 e. The van der Waals surface area contributed by atoms with Crippen molar-refractivity contribution < 1.29 is 19.1 Å². The molecule has 0 fully saturated rings. The van der Waals surface area contributed by atoms with Gasteiger partial charge in [-0.05, 0) is 51.1 Å². The van der Waals surface area contributed by atoms with Gasteiger partial charge >= 0.3 is 6.09 Å². The van der Waals surface area contributed by atoms with Crippen molar-refractivity contribution in [1.29, 1.82) is 0 Å². The fourth-order valence-corrected chi connectivity index (χ4v) is 2.49. The number of hydrogen-bond donors (Lipinski definition) is 2. The minimum atomic E-state index is -0.598. The summed E-state index contributed by atoms with van der Waals surface area (Å²) in [6.45, 7) is 7.43. The van der Waals surface area contributed by atoms with Crippen LogP contribution in [0.5, 0.6) is 5.75 Å². The number of ether oxygens (including phenoxy) is 2. The number of anilines is 2. The summed E-state index contributed by atoms with van der Waals surface area (Å²) in [7, 11) is 1.51. The second-order valence-electron chi connectivity index (χ2n) is 6.14. The van der Waals surface area contributed by atoms with Gasteiger partial charge in [-0.15, -0.1) is 0 Å². The number of carbonyl (C=O) groups is 2. The topological polar surface area (TPSA) is 76.7 Å². The van der Waals surface area contributed by atoms with Crippen LogP contribution in [0.25, 0.3) is 0 Å². The number of nitrogens with one attached hydrogen (secondary N) is 2. The molecule has 0 spiro atoms. The molecule has 1 rings (SSSR count). The van der Waals surface area contributed by atoms with Crippen LogP contribution >= 0.6 is 11.8 Å². The van der Waals surface area contributed by atoms with Gasteiger partial charge in [0.15, 0.2) is 0 Å². The minimum absolute atomic E-state index is 0.0816. The lowest BCUT2D eigenvalue weighted by molar-refractivity contribution is -0.113. The molecule has 2 N–H and O–H groups in total. The number of thioether (sulfide) groups is 1. The van der Waals surface area contributed by atoms with Gasteiger partial charge in [-0.25, -0.2) is 4.79 Å². The van der Waals surface area contributed by atoms with Crippen LogP contribution in [0.1, 0.15) is 34.1 Å². The fraction of sp³-hybridized carbons (Fsp3) is 0.529. The highest BCUT2D eigenvalue weighted by Gasteiger charge is 2.18. The van der Waals surface area contributed by atoms with Crippen molar-refractivity contribution in [2.45, 2.75) is 39.7 Å². The average molecular weight is 354 g/mol. The first-order valence-electron chi connectivity index (χ1n) is 7.80. The first-order chi connectivity index (χ1) is 11.2. The zero-order chi connectivity index (χ0) is 18.2. The lowest BCUT2D eigenvalue weighted by Gasteiger charge is -2.20. The maximum atomic E-state index is 11.9. The molecule has 6 nitrogen and oxygen atoms in total. The Morgan fingerprint density at radius 1 is 1.21 bits per heavy atom. The first kappa shape index (κ1) is 20.2. The van der Waals surface area contributed by atoms with Crippen LogP contribution in [-0.4, -0.2) is 36.2 Å². The van der Waals surface area contributed by atoms with E-state index in [9.17, 15) is 9.59 Å². The van der Waals surface area contributed by atoms with Crippen LogP contribution in [0.15, 0.2) is 18.2 Å². The summed E-state index contributed by atoms with van der Waals surface area (Å²) < 4.78 is 10.5. The van der Waals surface area contributed by atoms with Gasteiger partial charge in [0.25, 0.3) is 0 Å². The average Bonchev–Trinajstić information content (AvgIpc) is 2.45. The van der Waals surface area contributed by atoms with Gasteiger partial charge in [0.05, 0.1) is 18.6 Å². The van der Waals surface area contributed by atoms with Crippen LogP contribution in [0.4, 0.5) is 16.2 Å². The second kappa shape index (κ2) is 9.42. The molecule has 7 heteroatoms. The number of benzene rings is 1. The summed E-state index contributed by atoms with van der Waals surface area (Å²) in [5, 5.41) is 5.45. The van der Waals surface area contributed by atoms with Gasteiger partial charge in [0.1, 0.15) is 11.4 Å². The fourth-order valence-electron chi connectivity index (χ4n) is 1.80. The Kier molecular flexibility index (Phi) is 7.91. The second-order valence-corrected chi connectivity index (χ2v) is 7.25. The summed E-state index contributed by atoms with van der Waals surface area (Å²) in [6, 6.07) is 5.05. The number of rotatable bonds is 7. The number of amides is 2. The number of carbonyl (C=O) groups excluding carboxylic acids is 2. The molecule has 0 heterocycles. The summed E-state index contributed by atoms with van der Waals surface area (Å²) in [5.41, 5.74) is 0.425. The van der Waals surface area contributed by atoms with Crippen molar-refractivity contribution in [3.63, 3.8) is 0 Å². The lowest BCUT2D eigenvalue weighted by atomic mass is 10.2. The van der Waals surface area contributed by atoms with Crippen molar-refractivity contribution in [3.8, 4) is 5.75 Å². The summed E-state index contributed by atoms with van der Waals surface area (Å²) >= 11 is 1.58. The maximum absolute atomic E-state index is 11.9. The molecule has 0 aromatic heterocycles. The summed E-state index contributed by atoms with van der Waals surface area (Å²) in [5.74, 6) is 1.75. The van der Waals surface area contributed by atoms with Gasteiger partial charge in [-0.3, -0.25) is 10.1 Å². The van der Waals surface area contributed by atoms with Crippen molar-refractivity contribution in [2.24, 2.45) is 0 Å². The highest BCUT2D eigenvalue weighted by atomic mass is 32.2. The van der Waals surface area contributed by atoms with E-state index in [0.717, 1.165) is 12.2 Å². The molecule has 0 radical (unpaired) electrons. The zero-order valence-electron chi connectivity index (χ0n) is 14.9. The minimum Gasteiger partial charge on any atom is -0.495 e. The Balaban J connectivity index is 2.77. The molecule has 0 aliphatic rings. The number of hydrogen-bond acceptors (Lipinski definition) is 5. The van der Waals surface area contributed by atoms with E-state index in [4.69, 9.17) is 9.47 Å². The molecule has 0 saturated heterocycles. The van der Waals surface area contributed by atoms with E-state index in [1.807, 2.05) is 0 Å². The molecule has 134 valence electrons. The third-order valence-corrected chi connectivity index (χ3v) is 3.86. The van der Waals surface area contributed by atoms with E-state index in [2.05, 4.69) is 17.6 Å². The van der Waals surface area contributed by atoms with Gasteiger partial charge in [-0.2, -0.15) is 11.8 Å². The van der Waals surface area contributed by atoms with Crippen molar-refractivity contribution in [2.75, 3.05) is 29.2 Å². The molecule has 0 aliphatic heterocycles. The molecular formula is C17H26N2O4S. The quantitative estimate of drug-likeness (QED) is 0.720. The monoisotopic (exact) mass is 354 g/mol. The Bertz CT molecular complexity index is 570. The molecule has 24 heavy (non-hydrogen) atoms. The predicted molar refractivity (Wildman–Crippen MR) is 99.1 cm³/mol. The van der Waals surface area contributed by atoms with E-state index < -0.39 is 11.7 Å². The molecule has 0 unspecified atom stereocenters. The molecule has 0 bridgehead atoms. The first-order valence-corrected chi connectivity index (χ1v) is 8.96. The Hall–Kier alpha value is -1.89. The predicted octanol–water partition coefficient (Wildman–Crippen LogP) is 4.12. The molecule has 0 saturated carbocycles. The van der Waals surface area contributed by atoms with E-state index in [-0.39, 0.29) is 5.91 Å². The van der Waals surface area contributed by atoms with Crippen LogP contribution in [-0.2, 0) is 9.53 Å². The van der Waals surface area contributed by atoms with Crippen molar-refractivity contribution in [3.05, 3.63) is 18.2 Å². The van der Waals surface area contributed by atoms with Gasteiger partial charge < -0.3 is 14.8 Å². The van der Waals surface area contributed by atoms with E-state index in [1.165, 1.54) is 7.11 Å². The summed E-state index contributed by atoms with van der Waals surface area (Å²) in [6.07, 6.45) is 0.451. The Morgan fingerprint density at radius 3 is 2.50 bits per heavy atom. The smallest absolute Gasteiger partial charge is 0.412 e. The lowest BCUT2D eigenvalue weighted by Crippen LogP contribution is -2.27. The number of methoxy groups -OCH3 is 1. The molecular weight excluding hydrogens is 328 g/mol. The highest BCUT2D eigenvalue weighted by Crippen LogP contribution is 2.28. The third-order valence-electron chi connectivity index (χ3n) is 2.70. The van der Waals surface area contributed by atoms with Crippen molar-refractivity contribution in [1.82, 2.24) is 0 Å². The van der Waals surface area contributed by atoms with Gasteiger partial charge in [0, 0.05) is 5.69 Å². The molecule has 2 amide bonds. The molecule has 1 aromatic carbocycles. The molecule has 0 atom stereocenters. The SMILES string of the molecule is CCCSCC(=O)Nc1ccc(OC)c(NC(=O)OC(C)(C)C)c1. The van der Waals surface area contributed by atoms with E-state index in [0.29, 0.717) is 22.9 Å². The Labute approximate surface area is 147 Å². The van der Waals surface area contributed by atoms with E-state index >= 15 is 0 Å². The van der Waals surface area contributed by atoms with Gasteiger partial charge in [0.2, 0.25) is 5.91 Å². The Morgan fingerprint density at radius 2 is 1.92 bits per heavy atom. The standard InChI is InChI=1S/C17H26N2O4S/c1-6-9-24-11-15(20)18-12-7-8-14(22-5)13(10-12)19-16(21)23-17(2,3)4/h7-8,10H,6,9,11H2,1-5H3,(H,18,20)(H,19,21).